The SMILES string of the molecule is C/C=C\C(C)=C/C(C)=C(C)C. The van der Waals surface area contributed by atoms with Crippen molar-refractivity contribution < 1.29 is 0 Å². The van der Waals surface area contributed by atoms with Crippen LogP contribution in [-0.4, -0.2) is 0 Å². The standard InChI is InChI=1S/C11H18/c1-6-7-10(4)8-11(5)9(2)3/h6-8H,1-5H3/b7-6-,10-8-. The van der Waals surface area contributed by atoms with Gasteiger partial charge >= 0.3 is 0 Å². The Labute approximate surface area is 70.3 Å². The monoisotopic (exact) mass is 150 g/mol. The predicted octanol–water partition coefficient (Wildman–Crippen LogP) is 3.87. The lowest BCUT2D eigenvalue weighted by Gasteiger charge is -1.96. The summed E-state index contributed by atoms with van der Waals surface area (Å²) in [6, 6.07) is 0. The van der Waals surface area contributed by atoms with Gasteiger partial charge in [0.2, 0.25) is 0 Å². The van der Waals surface area contributed by atoms with E-state index in [9.17, 15) is 0 Å². The Morgan fingerprint density at radius 3 is 1.91 bits per heavy atom. The van der Waals surface area contributed by atoms with Crippen LogP contribution >= 0.6 is 0 Å². The van der Waals surface area contributed by atoms with Gasteiger partial charge < -0.3 is 0 Å². The van der Waals surface area contributed by atoms with Crippen molar-refractivity contribution in [2.45, 2.75) is 34.6 Å². The van der Waals surface area contributed by atoms with E-state index in [2.05, 4.69) is 45.9 Å². The minimum atomic E-state index is 1.31. The third-order valence-corrected chi connectivity index (χ3v) is 1.66. The summed E-state index contributed by atoms with van der Waals surface area (Å²) in [5.74, 6) is 0. The first-order valence-electron chi connectivity index (χ1n) is 4.03. The van der Waals surface area contributed by atoms with Gasteiger partial charge in [-0.25, -0.2) is 0 Å². The van der Waals surface area contributed by atoms with Crippen LogP contribution in [0, 0.1) is 0 Å². The highest BCUT2D eigenvalue weighted by Crippen LogP contribution is 2.07. The number of rotatable bonds is 2. The molecule has 0 fully saturated rings. The van der Waals surface area contributed by atoms with Crippen molar-refractivity contribution in [1.29, 1.82) is 0 Å². The summed E-state index contributed by atoms with van der Waals surface area (Å²) in [5, 5.41) is 0. The second-order valence-electron chi connectivity index (χ2n) is 3.07. The number of allylic oxidation sites excluding steroid dienone is 6. The van der Waals surface area contributed by atoms with E-state index in [4.69, 9.17) is 0 Å². The fourth-order valence-corrected chi connectivity index (χ4v) is 0.797. The van der Waals surface area contributed by atoms with Gasteiger partial charge in [0.1, 0.15) is 0 Å². The van der Waals surface area contributed by atoms with E-state index < -0.39 is 0 Å². The van der Waals surface area contributed by atoms with Crippen molar-refractivity contribution >= 4 is 0 Å². The zero-order valence-electron chi connectivity index (χ0n) is 8.23. The summed E-state index contributed by atoms with van der Waals surface area (Å²) < 4.78 is 0. The molecule has 0 nitrogen and oxygen atoms in total. The molecular formula is C11H18. The molecule has 62 valence electrons. The summed E-state index contributed by atoms with van der Waals surface area (Å²) in [6.45, 7) is 10.6. The first-order chi connectivity index (χ1) is 5.07. The van der Waals surface area contributed by atoms with Crippen LogP contribution in [0.1, 0.15) is 34.6 Å². The molecule has 0 aliphatic carbocycles. The molecule has 0 N–H and O–H groups in total. The third-order valence-electron chi connectivity index (χ3n) is 1.66. The molecule has 0 bridgehead atoms. The first-order valence-corrected chi connectivity index (χ1v) is 4.03. The predicted molar refractivity (Wildman–Crippen MR) is 52.6 cm³/mol. The Kier molecular flexibility index (Phi) is 4.60. The van der Waals surface area contributed by atoms with Crippen molar-refractivity contribution in [3.8, 4) is 0 Å². The molecular weight excluding hydrogens is 132 g/mol. The summed E-state index contributed by atoms with van der Waals surface area (Å²) in [5.41, 5.74) is 4.06. The molecule has 0 spiro atoms. The lowest BCUT2D eigenvalue weighted by atomic mass is 10.1. The van der Waals surface area contributed by atoms with Crippen molar-refractivity contribution in [3.05, 3.63) is 34.9 Å². The van der Waals surface area contributed by atoms with Crippen molar-refractivity contribution in [2.24, 2.45) is 0 Å². The summed E-state index contributed by atoms with van der Waals surface area (Å²) in [6.07, 6.45) is 6.38. The van der Waals surface area contributed by atoms with Gasteiger partial charge in [-0.05, 0) is 34.6 Å². The molecule has 0 aliphatic rings. The van der Waals surface area contributed by atoms with E-state index in [0.717, 1.165) is 0 Å². The molecule has 0 saturated heterocycles. The smallest absolute Gasteiger partial charge is 0.0398 e. The molecule has 0 rings (SSSR count). The largest absolute Gasteiger partial charge is 0.0874 e. The summed E-state index contributed by atoms with van der Waals surface area (Å²) in [4.78, 5) is 0. The topological polar surface area (TPSA) is 0 Å². The number of hydrogen-bond donors (Lipinski definition) is 0. The molecule has 0 radical (unpaired) electrons. The van der Waals surface area contributed by atoms with E-state index in [-0.39, 0.29) is 0 Å². The Hall–Kier alpha value is -0.780. The van der Waals surface area contributed by atoms with Gasteiger partial charge in [0.25, 0.3) is 0 Å². The fourth-order valence-electron chi connectivity index (χ4n) is 0.797. The van der Waals surface area contributed by atoms with Crippen LogP contribution in [0.5, 0.6) is 0 Å². The quantitative estimate of drug-likeness (QED) is 0.524. The molecule has 0 heterocycles. The zero-order chi connectivity index (χ0) is 8.85. The van der Waals surface area contributed by atoms with Crippen LogP contribution in [0.25, 0.3) is 0 Å². The highest BCUT2D eigenvalue weighted by Gasteiger charge is 1.86. The van der Waals surface area contributed by atoms with Gasteiger partial charge in [0.15, 0.2) is 0 Å². The minimum Gasteiger partial charge on any atom is -0.0874 e. The molecule has 0 aromatic carbocycles. The van der Waals surface area contributed by atoms with Crippen LogP contribution in [0.4, 0.5) is 0 Å². The summed E-state index contributed by atoms with van der Waals surface area (Å²) >= 11 is 0. The van der Waals surface area contributed by atoms with Crippen molar-refractivity contribution in [1.82, 2.24) is 0 Å². The normalized spacial score (nSPS) is 12.3. The van der Waals surface area contributed by atoms with E-state index in [1.54, 1.807) is 0 Å². The fraction of sp³-hybridized carbons (Fsp3) is 0.455. The van der Waals surface area contributed by atoms with Crippen LogP contribution in [0.2, 0.25) is 0 Å². The minimum absolute atomic E-state index is 1.31. The van der Waals surface area contributed by atoms with Gasteiger partial charge in [-0.1, -0.05) is 34.9 Å². The lowest BCUT2D eigenvalue weighted by Crippen LogP contribution is -1.76. The highest BCUT2D eigenvalue weighted by molar-refractivity contribution is 5.29. The first kappa shape index (κ1) is 10.2. The maximum absolute atomic E-state index is 2.20. The van der Waals surface area contributed by atoms with E-state index in [1.165, 1.54) is 16.7 Å². The van der Waals surface area contributed by atoms with E-state index in [1.807, 2.05) is 6.92 Å². The van der Waals surface area contributed by atoms with Crippen LogP contribution in [0.3, 0.4) is 0 Å². The molecule has 11 heavy (non-hydrogen) atoms. The molecule has 0 saturated carbocycles. The summed E-state index contributed by atoms with van der Waals surface area (Å²) in [7, 11) is 0. The maximum atomic E-state index is 2.20. The number of hydrogen-bond acceptors (Lipinski definition) is 0. The molecule has 0 atom stereocenters. The average molecular weight is 150 g/mol. The second-order valence-corrected chi connectivity index (χ2v) is 3.07. The van der Waals surface area contributed by atoms with Gasteiger partial charge in [0.05, 0.1) is 0 Å². The highest BCUT2D eigenvalue weighted by atomic mass is 13.9. The van der Waals surface area contributed by atoms with Crippen molar-refractivity contribution in [3.63, 3.8) is 0 Å². The molecule has 0 aliphatic heterocycles. The van der Waals surface area contributed by atoms with Crippen molar-refractivity contribution in [2.75, 3.05) is 0 Å². The Balaban J connectivity index is 4.44. The van der Waals surface area contributed by atoms with Crippen LogP contribution < -0.4 is 0 Å². The van der Waals surface area contributed by atoms with Crippen LogP contribution in [0.15, 0.2) is 34.9 Å². The maximum Gasteiger partial charge on any atom is -0.0398 e. The third kappa shape index (κ3) is 4.60. The van der Waals surface area contributed by atoms with E-state index >= 15 is 0 Å². The molecule has 0 heteroatoms. The average Bonchev–Trinajstić information content (AvgIpc) is 1.87. The van der Waals surface area contributed by atoms with Crippen LogP contribution in [-0.2, 0) is 0 Å². The molecule has 0 unspecified atom stereocenters. The second kappa shape index (κ2) is 4.95. The molecule has 0 amide bonds. The van der Waals surface area contributed by atoms with E-state index in [0.29, 0.717) is 0 Å². The molecule has 0 aromatic heterocycles. The van der Waals surface area contributed by atoms with Gasteiger partial charge in [-0.15, -0.1) is 0 Å². The molecule has 0 aromatic rings. The Bertz CT molecular complexity index is 198. The Morgan fingerprint density at radius 2 is 1.55 bits per heavy atom. The van der Waals surface area contributed by atoms with Gasteiger partial charge in [-0.2, -0.15) is 0 Å². The lowest BCUT2D eigenvalue weighted by molar-refractivity contribution is 1.28. The zero-order valence-corrected chi connectivity index (χ0v) is 8.23. The Morgan fingerprint density at radius 1 is 1.00 bits per heavy atom. The van der Waals surface area contributed by atoms with Gasteiger partial charge in [-0.3, -0.25) is 0 Å². The van der Waals surface area contributed by atoms with Gasteiger partial charge in [0, 0.05) is 0 Å².